The van der Waals surface area contributed by atoms with Gasteiger partial charge in [-0.05, 0) is 13.2 Å². The highest BCUT2D eigenvalue weighted by Gasteiger charge is 2.16. The minimum Gasteiger partial charge on any atom is -0.461 e. The fraction of sp³-hybridized carbons (Fsp3) is 0.429. The second-order valence-electron chi connectivity index (χ2n) is 2.36. The molecule has 1 rings (SSSR count). The Morgan fingerprint density at radius 2 is 2.33 bits per heavy atom. The molecule has 0 unspecified atom stereocenters. The minimum absolute atomic E-state index is 0.100. The van der Waals surface area contributed by atoms with Gasteiger partial charge in [-0.3, -0.25) is 5.43 Å². The van der Waals surface area contributed by atoms with Gasteiger partial charge in [-0.1, -0.05) is 0 Å². The second kappa shape index (κ2) is 5.47. The highest BCUT2D eigenvalue weighted by molar-refractivity contribution is 7.98. The first-order chi connectivity index (χ1) is 7.22. The Bertz CT molecular complexity index is 359. The molecule has 1 aromatic rings. The molecule has 0 aliphatic heterocycles. The first-order valence-electron chi connectivity index (χ1n) is 4.15. The van der Waals surface area contributed by atoms with Crippen molar-refractivity contribution in [2.24, 2.45) is 5.84 Å². The number of hydrogen-bond acceptors (Lipinski definition) is 8. The van der Waals surface area contributed by atoms with Gasteiger partial charge in [-0.15, -0.1) is 22.0 Å². The molecular weight excluding hydrogens is 218 g/mol. The SMILES string of the molecule is CCOC(=O)c1nnc(NN)nc1SC. The van der Waals surface area contributed by atoms with Crippen molar-refractivity contribution in [2.45, 2.75) is 11.9 Å². The van der Waals surface area contributed by atoms with Crippen molar-refractivity contribution in [3.8, 4) is 0 Å². The number of ether oxygens (including phenoxy) is 1. The van der Waals surface area contributed by atoms with Crippen LogP contribution in [-0.4, -0.2) is 34.0 Å². The Labute approximate surface area is 90.8 Å². The summed E-state index contributed by atoms with van der Waals surface area (Å²) in [6, 6.07) is 0. The van der Waals surface area contributed by atoms with Crippen molar-refractivity contribution in [1.82, 2.24) is 15.2 Å². The number of carbonyl (C=O) groups excluding carboxylic acids is 1. The van der Waals surface area contributed by atoms with Gasteiger partial charge in [0.05, 0.1) is 6.61 Å². The molecule has 0 aliphatic rings. The molecule has 0 fully saturated rings. The predicted octanol–water partition coefficient (Wildman–Crippen LogP) is 0.0558. The van der Waals surface area contributed by atoms with Crippen molar-refractivity contribution in [1.29, 1.82) is 0 Å². The van der Waals surface area contributed by atoms with Crippen LogP contribution in [0.4, 0.5) is 5.95 Å². The molecule has 0 amide bonds. The van der Waals surface area contributed by atoms with Gasteiger partial charge in [0.15, 0.2) is 0 Å². The molecule has 1 aromatic heterocycles. The molecule has 0 saturated heterocycles. The number of anilines is 1. The third-order valence-corrected chi connectivity index (χ3v) is 2.12. The molecule has 7 nitrogen and oxygen atoms in total. The summed E-state index contributed by atoms with van der Waals surface area (Å²) in [6.45, 7) is 2.00. The molecule has 0 radical (unpaired) electrons. The van der Waals surface area contributed by atoms with E-state index in [0.717, 1.165) is 0 Å². The van der Waals surface area contributed by atoms with E-state index in [0.29, 0.717) is 5.03 Å². The van der Waals surface area contributed by atoms with Crippen LogP contribution < -0.4 is 11.3 Å². The summed E-state index contributed by atoms with van der Waals surface area (Å²) in [4.78, 5) is 15.4. The number of rotatable bonds is 4. The predicted molar refractivity (Wildman–Crippen MR) is 55.4 cm³/mol. The highest BCUT2D eigenvalue weighted by atomic mass is 32.2. The Balaban J connectivity index is 3.02. The van der Waals surface area contributed by atoms with Gasteiger partial charge < -0.3 is 4.74 Å². The highest BCUT2D eigenvalue weighted by Crippen LogP contribution is 2.16. The third-order valence-electron chi connectivity index (χ3n) is 1.45. The topological polar surface area (TPSA) is 103 Å². The van der Waals surface area contributed by atoms with Crippen LogP contribution in [0.1, 0.15) is 17.4 Å². The van der Waals surface area contributed by atoms with Gasteiger partial charge in [0.2, 0.25) is 5.69 Å². The maximum atomic E-state index is 11.4. The quantitative estimate of drug-likeness (QED) is 0.323. The number of nitrogens with zero attached hydrogens (tertiary/aromatic N) is 3. The van der Waals surface area contributed by atoms with Crippen LogP contribution in [0, 0.1) is 0 Å². The van der Waals surface area contributed by atoms with E-state index in [9.17, 15) is 4.79 Å². The lowest BCUT2D eigenvalue weighted by Crippen LogP contribution is -2.16. The number of aromatic nitrogens is 3. The zero-order valence-corrected chi connectivity index (χ0v) is 9.17. The Hall–Kier alpha value is -1.41. The van der Waals surface area contributed by atoms with Crippen LogP contribution in [-0.2, 0) is 4.74 Å². The van der Waals surface area contributed by atoms with Gasteiger partial charge in [0.1, 0.15) is 5.03 Å². The van der Waals surface area contributed by atoms with Crippen molar-refractivity contribution in [3.05, 3.63) is 5.69 Å². The number of hydrogen-bond donors (Lipinski definition) is 2. The minimum atomic E-state index is -0.537. The van der Waals surface area contributed by atoms with Gasteiger partial charge in [0.25, 0.3) is 5.95 Å². The fourth-order valence-electron chi connectivity index (χ4n) is 0.843. The van der Waals surface area contributed by atoms with Crippen LogP contribution in [0.15, 0.2) is 5.03 Å². The zero-order valence-electron chi connectivity index (χ0n) is 8.35. The van der Waals surface area contributed by atoms with Crippen molar-refractivity contribution < 1.29 is 9.53 Å². The smallest absolute Gasteiger partial charge is 0.361 e. The van der Waals surface area contributed by atoms with Gasteiger partial charge in [-0.2, -0.15) is 0 Å². The number of hydrazine groups is 1. The number of carbonyl (C=O) groups is 1. The van der Waals surface area contributed by atoms with E-state index in [-0.39, 0.29) is 18.2 Å². The van der Waals surface area contributed by atoms with Crippen molar-refractivity contribution in [2.75, 3.05) is 18.3 Å². The fourth-order valence-corrected chi connectivity index (χ4v) is 1.34. The number of thioether (sulfide) groups is 1. The summed E-state index contributed by atoms with van der Waals surface area (Å²) in [5.41, 5.74) is 2.35. The molecule has 3 N–H and O–H groups in total. The first-order valence-corrected chi connectivity index (χ1v) is 5.37. The molecule has 1 heterocycles. The second-order valence-corrected chi connectivity index (χ2v) is 3.15. The molecule has 0 aromatic carbocycles. The molecule has 0 saturated carbocycles. The number of nitrogens with two attached hydrogens (primary N) is 1. The van der Waals surface area contributed by atoms with Crippen LogP contribution >= 0.6 is 11.8 Å². The third kappa shape index (κ3) is 2.77. The Morgan fingerprint density at radius 1 is 1.60 bits per heavy atom. The van der Waals surface area contributed by atoms with Gasteiger partial charge in [-0.25, -0.2) is 15.6 Å². The standard InChI is InChI=1S/C7H11N5O2S/c1-3-14-6(13)4-5(15-2)9-7(10-8)12-11-4/h3,8H2,1-2H3,(H,9,10,12). The summed E-state index contributed by atoms with van der Waals surface area (Å²) >= 11 is 1.27. The average molecular weight is 229 g/mol. The molecule has 0 spiro atoms. The van der Waals surface area contributed by atoms with Crippen molar-refractivity contribution in [3.63, 3.8) is 0 Å². The average Bonchev–Trinajstić information content (AvgIpc) is 2.28. The van der Waals surface area contributed by atoms with E-state index in [1.807, 2.05) is 0 Å². The van der Waals surface area contributed by atoms with E-state index in [1.165, 1.54) is 11.8 Å². The largest absolute Gasteiger partial charge is 0.461 e. The first kappa shape index (κ1) is 11.7. The summed E-state index contributed by atoms with van der Waals surface area (Å²) in [7, 11) is 0. The Morgan fingerprint density at radius 3 is 2.87 bits per heavy atom. The summed E-state index contributed by atoms with van der Waals surface area (Å²) in [5, 5.41) is 7.71. The Kier molecular flexibility index (Phi) is 4.25. The maximum absolute atomic E-state index is 11.4. The van der Waals surface area contributed by atoms with Crippen molar-refractivity contribution >= 4 is 23.7 Å². The van der Waals surface area contributed by atoms with Gasteiger partial charge in [0, 0.05) is 0 Å². The number of esters is 1. The van der Waals surface area contributed by atoms with Crippen LogP contribution in [0.5, 0.6) is 0 Å². The monoisotopic (exact) mass is 229 g/mol. The number of nitrogen functional groups attached to an aromatic ring is 1. The van der Waals surface area contributed by atoms with Crippen LogP contribution in [0.2, 0.25) is 0 Å². The van der Waals surface area contributed by atoms with E-state index in [4.69, 9.17) is 10.6 Å². The van der Waals surface area contributed by atoms with Gasteiger partial charge >= 0.3 is 5.97 Å². The molecular formula is C7H11N5O2S. The van der Waals surface area contributed by atoms with Crippen LogP contribution in [0.3, 0.4) is 0 Å². The lowest BCUT2D eigenvalue weighted by molar-refractivity contribution is 0.0512. The molecule has 0 atom stereocenters. The molecule has 0 aliphatic carbocycles. The zero-order chi connectivity index (χ0) is 11.3. The molecule has 0 bridgehead atoms. The van der Waals surface area contributed by atoms with E-state index >= 15 is 0 Å². The number of nitrogens with one attached hydrogen (secondary N) is 1. The van der Waals surface area contributed by atoms with Crippen LogP contribution in [0.25, 0.3) is 0 Å². The van der Waals surface area contributed by atoms with E-state index < -0.39 is 5.97 Å². The lowest BCUT2D eigenvalue weighted by Gasteiger charge is -2.05. The van der Waals surface area contributed by atoms with E-state index in [1.54, 1.807) is 13.2 Å². The summed E-state index contributed by atoms with van der Waals surface area (Å²) in [5.74, 6) is 4.74. The summed E-state index contributed by atoms with van der Waals surface area (Å²) < 4.78 is 4.80. The lowest BCUT2D eigenvalue weighted by atomic mass is 10.5. The molecule has 8 heteroatoms. The maximum Gasteiger partial charge on any atom is 0.361 e. The normalized spacial score (nSPS) is 9.80. The van der Waals surface area contributed by atoms with E-state index in [2.05, 4.69) is 20.6 Å². The molecule has 15 heavy (non-hydrogen) atoms. The molecule has 82 valence electrons. The summed E-state index contributed by atoms with van der Waals surface area (Å²) in [6.07, 6.45) is 1.77.